The Morgan fingerprint density at radius 2 is 1.65 bits per heavy atom. The number of hydrogen-bond acceptors (Lipinski definition) is 12. The highest BCUT2D eigenvalue weighted by molar-refractivity contribution is 7.99. The van der Waals surface area contributed by atoms with Crippen molar-refractivity contribution in [1.29, 1.82) is 0 Å². The molecule has 4 amide bonds. The maximum atomic E-state index is 17.8. The number of amides is 4. The van der Waals surface area contributed by atoms with Gasteiger partial charge in [0.25, 0.3) is 0 Å². The monoisotopic (exact) mass is 964 g/mol. The average molecular weight is 965 g/mol. The number of allylic oxidation sites excluding steroid dienone is 4. The lowest BCUT2D eigenvalue weighted by atomic mass is 9.44. The second kappa shape index (κ2) is 19.6. The number of ketones is 2. The van der Waals surface area contributed by atoms with E-state index in [-0.39, 0.29) is 44.2 Å². The Hall–Kier alpha value is -5.34. The second-order valence-electron chi connectivity index (χ2n) is 19.0. The minimum Gasteiger partial charge on any atom is -0.481 e. The predicted molar refractivity (Wildman–Crippen MR) is 244 cm³/mol. The predicted octanol–water partition coefficient (Wildman–Crippen LogP) is 3.58. The number of aliphatic hydroxyl groups is 2. The first kappa shape index (κ1) is 50.5. The molecule has 3 saturated carbocycles. The molecule has 1 aliphatic heterocycles. The van der Waals surface area contributed by atoms with Crippen LogP contribution in [0.3, 0.4) is 0 Å². The van der Waals surface area contributed by atoms with E-state index >= 15 is 8.78 Å². The van der Waals surface area contributed by atoms with E-state index in [1.807, 2.05) is 18.2 Å². The Balaban J connectivity index is 0.941. The largest absolute Gasteiger partial charge is 0.481 e. The highest BCUT2D eigenvalue weighted by Gasteiger charge is 2.80. The number of anilines is 1. The molecule has 2 aromatic carbocycles. The Morgan fingerprint density at radius 3 is 2.32 bits per heavy atom. The Labute approximate surface area is 396 Å². The van der Waals surface area contributed by atoms with Gasteiger partial charge in [-0.25, -0.2) is 8.78 Å². The van der Waals surface area contributed by atoms with Gasteiger partial charge in [0.05, 0.1) is 23.9 Å². The van der Waals surface area contributed by atoms with Gasteiger partial charge in [0.2, 0.25) is 23.6 Å². The van der Waals surface area contributed by atoms with Crippen LogP contribution in [-0.2, 0) is 49.5 Å². The molecule has 4 aliphatic carbocycles. The fraction of sp³-hybridized carbons (Fsp3) is 0.531. The molecule has 7 rings (SSSR count). The van der Waals surface area contributed by atoms with Crippen molar-refractivity contribution in [2.45, 2.75) is 119 Å². The maximum absolute atomic E-state index is 17.8. The number of benzene rings is 2. The lowest BCUT2D eigenvalue weighted by Gasteiger charge is -2.63. The number of alkyl halides is 2. The van der Waals surface area contributed by atoms with Crippen LogP contribution >= 0.6 is 11.8 Å². The zero-order valence-electron chi connectivity index (χ0n) is 38.4. The van der Waals surface area contributed by atoms with Gasteiger partial charge in [0.1, 0.15) is 24.9 Å². The average Bonchev–Trinajstić information content (AvgIpc) is 3.79. The maximum Gasteiger partial charge on any atom is 0.305 e. The number of Topliss-reactive ketones (excluding diaryl/α,β-unsaturated/α-hetero) is 1. The van der Waals surface area contributed by atoms with Gasteiger partial charge in [-0.1, -0.05) is 49.4 Å². The summed E-state index contributed by atoms with van der Waals surface area (Å²) >= 11 is 1.08. The third-order valence-corrected chi connectivity index (χ3v) is 15.8. The third kappa shape index (κ3) is 9.03. The molecule has 4 fully saturated rings. The van der Waals surface area contributed by atoms with E-state index in [4.69, 9.17) is 14.6 Å². The van der Waals surface area contributed by atoms with Crippen molar-refractivity contribution in [2.24, 2.45) is 22.7 Å². The number of carbonyl (C=O) groups is 7. The van der Waals surface area contributed by atoms with Gasteiger partial charge in [0.15, 0.2) is 29.1 Å². The van der Waals surface area contributed by atoms with E-state index in [0.717, 1.165) is 29.0 Å². The van der Waals surface area contributed by atoms with Crippen molar-refractivity contribution in [3.05, 3.63) is 89.0 Å². The summed E-state index contributed by atoms with van der Waals surface area (Å²) in [5.74, 6) is -6.16. The summed E-state index contributed by atoms with van der Waals surface area (Å²) in [6, 6.07) is 12.4. The summed E-state index contributed by atoms with van der Waals surface area (Å²) in [4.78, 5) is 87.6. The molecule has 0 aromatic heterocycles. The number of nitrogens with one attached hydrogen (secondary N) is 4. The number of carbonyl (C=O) groups excluding carboxylic acids is 6. The van der Waals surface area contributed by atoms with Gasteiger partial charge in [-0.2, -0.15) is 11.8 Å². The van der Waals surface area contributed by atoms with Crippen molar-refractivity contribution in [1.82, 2.24) is 16.0 Å². The Bertz CT molecular complexity index is 2420. The summed E-state index contributed by atoms with van der Waals surface area (Å²) in [5, 5.41) is 40.7. The molecule has 1 unspecified atom stereocenters. The number of hydrogen-bond donors (Lipinski definition) is 7. The molecule has 0 radical (unpaired) electrons. The number of aliphatic carboxylic acids is 1. The molecule has 19 heteroatoms. The lowest BCUT2D eigenvalue weighted by molar-refractivity contribution is -0.235. The van der Waals surface area contributed by atoms with E-state index in [0.29, 0.717) is 17.7 Å². The number of halogens is 2. The molecule has 68 heavy (non-hydrogen) atoms. The zero-order valence-corrected chi connectivity index (χ0v) is 39.2. The van der Waals surface area contributed by atoms with E-state index in [9.17, 15) is 43.8 Å². The number of aliphatic hydroxyl groups excluding tert-OH is 2. The highest BCUT2D eigenvalue weighted by Crippen LogP contribution is 2.72. The van der Waals surface area contributed by atoms with Crippen LogP contribution < -0.4 is 21.3 Å². The third-order valence-electron chi connectivity index (χ3n) is 14.9. The smallest absolute Gasteiger partial charge is 0.305 e. The number of fused-ring (bicyclic) bond motifs is 7. The van der Waals surface area contributed by atoms with Crippen LogP contribution in [0.4, 0.5) is 14.5 Å². The van der Waals surface area contributed by atoms with Crippen LogP contribution in [0.15, 0.2) is 72.3 Å². The van der Waals surface area contributed by atoms with Gasteiger partial charge < -0.3 is 46.1 Å². The molecule has 5 aliphatic rings. The molecule has 2 aromatic rings. The molecule has 366 valence electrons. The van der Waals surface area contributed by atoms with Gasteiger partial charge >= 0.3 is 5.97 Å². The first-order valence-corrected chi connectivity index (χ1v) is 23.9. The fourth-order valence-electron chi connectivity index (χ4n) is 11.4. The van der Waals surface area contributed by atoms with Crippen LogP contribution in [0.5, 0.6) is 0 Å². The molecule has 1 heterocycles. The van der Waals surface area contributed by atoms with Crippen LogP contribution in [0.1, 0.15) is 82.8 Å². The highest BCUT2D eigenvalue weighted by atomic mass is 32.2. The number of carboxylic acid groups (broad SMARTS) is 1. The van der Waals surface area contributed by atoms with Crippen LogP contribution in [0, 0.1) is 22.7 Å². The Kier molecular flexibility index (Phi) is 14.5. The Morgan fingerprint density at radius 1 is 0.941 bits per heavy atom. The standard InChI is InChI=1S/C49H58F2N4O12S/c1-25(53-40(60)14-16-52-44(65)36(68-5)22-41(61)62)42(63)54-26(2)43(64)55-30-8-6-7-28(18-30)17-27-9-11-29(12-10-27)45-66-39-21-32-33-20-35(50)34-19-31(57)13-15-46(34,3)48(33,51)37(58)23-47(32,4)49(39,67-45)38(59)24-56/h6-13,15,18-19,25-26,32-33,35-37,39,45,56,58H,14,16-17,20-24H2,1-5H3,(H,52,65)(H,53,60)(H,54,63)(H,55,64)(H,61,62)/t25-,26-,32-,33-,35-,36?,37-,39+,45+,46-,47-,48-,49+/m0/s1. The van der Waals surface area contributed by atoms with Crippen LogP contribution in [0.2, 0.25) is 0 Å². The number of ether oxygens (including phenoxy) is 2. The molecule has 0 bridgehead atoms. The van der Waals surface area contributed by atoms with Crippen LogP contribution in [0.25, 0.3) is 0 Å². The SMILES string of the molecule is CSC(CC(=O)O)C(=O)NCCC(=O)N[C@@H](C)C(=O)N[C@@H](C)C(=O)Nc1cccc(Cc2ccc([C@@H]3O[C@@H]4C[C@H]5[C@@H]6C[C@H](F)C7=CC(=O)C=C[C@]7(C)[C@@]6(F)[C@@H](O)C[C@]5(C)[C@]4(C(=O)CO)O3)cc2)c1. The van der Waals surface area contributed by atoms with Gasteiger partial charge in [-0.3, -0.25) is 33.6 Å². The van der Waals surface area contributed by atoms with Crippen molar-refractivity contribution in [2.75, 3.05) is 24.7 Å². The summed E-state index contributed by atoms with van der Waals surface area (Å²) < 4.78 is 46.8. The van der Waals surface area contributed by atoms with Gasteiger partial charge in [0, 0.05) is 41.0 Å². The van der Waals surface area contributed by atoms with Crippen LogP contribution in [-0.4, -0.2) is 123 Å². The van der Waals surface area contributed by atoms with E-state index in [1.54, 1.807) is 43.5 Å². The molecular weight excluding hydrogens is 907 g/mol. The summed E-state index contributed by atoms with van der Waals surface area (Å²) in [5.41, 5.74) is -4.25. The molecule has 7 N–H and O–H groups in total. The quantitative estimate of drug-likeness (QED) is 0.120. The van der Waals surface area contributed by atoms with E-state index in [2.05, 4.69) is 21.3 Å². The van der Waals surface area contributed by atoms with E-state index in [1.165, 1.54) is 32.9 Å². The minimum atomic E-state index is -2.36. The second-order valence-corrected chi connectivity index (χ2v) is 20.0. The first-order chi connectivity index (χ1) is 32.1. The molecule has 1 saturated heterocycles. The molecule has 16 nitrogen and oxygen atoms in total. The van der Waals surface area contributed by atoms with Crippen molar-refractivity contribution in [3.63, 3.8) is 0 Å². The number of thioether (sulfide) groups is 1. The van der Waals surface area contributed by atoms with Crippen molar-refractivity contribution in [3.8, 4) is 0 Å². The lowest BCUT2D eigenvalue weighted by Crippen LogP contribution is -2.70. The fourth-order valence-corrected chi connectivity index (χ4v) is 12.0. The topological polar surface area (TPSA) is 247 Å². The zero-order chi connectivity index (χ0) is 49.5. The van der Waals surface area contributed by atoms with Gasteiger partial charge in [-0.05, 0) is 99.6 Å². The van der Waals surface area contributed by atoms with E-state index < -0.39 is 124 Å². The first-order valence-electron chi connectivity index (χ1n) is 22.7. The molecule has 0 spiro atoms. The number of carboxylic acids is 1. The summed E-state index contributed by atoms with van der Waals surface area (Å²) in [6.07, 6.45) is -0.533. The summed E-state index contributed by atoms with van der Waals surface area (Å²) in [7, 11) is 0. The van der Waals surface area contributed by atoms with Crippen molar-refractivity contribution >= 4 is 58.6 Å². The van der Waals surface area contributed by atoms with Gasteiger partial charge in [-0.15, -0.1) is 0 Å². The molecule has 13 atom stereocenters. The molecular formula is C49H58F2N4O12S. The minimum absolute atomic E-state index is 0.00589. The number of rotatable bonds is 17. The van der Waals surface area contributed by atoms with Crippen molar-refractivity contribution < 1.29 is 67.1 Å². The summed E-state index contributed by atoms with van der Waals surface area (Å²) in [6.45, 7) is 5.21. The normalized spacial score (nSPS) is 32.5.